The maximum absolute atomic E-state index is 11.5. The molecule has 1 aliphatic heterocycles. The fourth-order valence-corrected chi connectivity index (χ4v) is 5.78. The van der Waals surface area contributed by atoms with Gasteiger partial charge in [0.05, 0.1) is 18.7 Å². The maximum Gasteiger partial charge on any atom is 0.335 e. The van der Waals surface area contributed by atoms with Crippen molar-refractivity contribution in [2.75, 3.05) is 12.4 Å². The lowest BCUT2D eigenvalue weighted by Crippen LogP contribution is -2.35. The van der Waals surface area contributed by atoms with E-state index in [1.165, 1.54) is 30.4 Å². The zero-order valence-electron chi connectivity index (χ0n) is 14.8. The van der Waals surface area contributed by atoms with Crippen LogP contribution in [0.3, 0.4) is 0 Å². The van der Waals surface area contributed by atoms with E-state index in [1.807, 2.05) is 18.2 Å². The van der Waals surface area contributed by atoms with Crippen molar-refractivity contribution < 1.29 is 14.6 Å². The number of hydrogen-bond acceptors (Lipinski definition) is 3. The van der Waals surface area contributed by atoms with Crippen molar-refractivity contribution in [2.45, 2.75) is 31.2 Å². The van der Waals surface area contributed by atoms with E-state index < -0.39 is 5.97 Å². The van der Waals surface area contributed by atoms with E-state index >= 15 is 0 Å². The highest BCUT2D eigenvalue weighted by molar-refractivity contribution is 5.88. The molecule has 2 N–H and O–H groups in total. The number of aromatic carboxylic acids is 1. The molecule has 0 aromatic heterocycles. The molecule has 4 heteroatoms. The Hall–Kier alpha value is -2.49. The van der Waals surface area contributed by atoms with Crippen LogP contribution in [-0.2, 0) is 0 Å². The summed E-state index contributed by atoms with van der Waals surface area (Å²) in [4.78, 5) is 11.5. The van der Waals surface area contributed by atoms with Gasteiger partial charge in [0.15, 0.2) is 0 Å². The van der Waals surface area contributed by atoms with Crippen LogP contribution in [0.4, 0.5) is 5.69 Å². The SMILES string of the molecule is COc1cccc([C@H]2Nc3ccc(C(=O)O)cc3[C@H]3[C@H]4CC[C@H](C4)[C@H]32)c1. The predicted molar refractivity (Wildman–Crippen MR) is 99.8 cm³/mol. The van der Waals surface area contributed by atoms with Gasteiger partial charge in [0, 0.05) is 5.69 Å². The number of nitrogens with one attached hydrogen (secondary N) is 1. The number of hydrogen-bond donors (Lipinski definition) is 2. The van der Waals surface area contributed by atoms with Crippen molar-refractivity contribution in [1.29, 1.82) is 0 Å². The highest BCUT2D eigenvalue weighted by Crippen LogP contribution is 2.63. The van der Waals surface area contributed by atoms with Crippen LogP contribution in [0, 0.1) is 17.8 Å². The largest absolute Gasteiger partial charge is 0.497 e. The van der Waals surface area contributed by atoms with E-state index in [1.54, 1.807) is 13.2 Å². The van der Waals surface area contributed by atoms with Crippen LogP contribution in [-0.4, -0.2) is 18.2 Å². The third kappa shape index (κ3) is 2.24. The lowest BCUT2D eigenvalue weighted by Gasteiger charge is -2.43. The number of carbonyl (C=O) groups is 1. The third-order valence-electron chi connectivity index (χ3n) is 6.79. The maximum atomic E-state index is 11.5. The summed E-state index contributed by atoms with van der Waals surface area (Å²) >= 11 is 0. The van der Waals surface area contributed by atoms with Crippen LogP contribution in [0.2, 0.25) is 0 Å². The molecule has 5 rings (SSSR count). The Morgan fingerprint density at radius 3 is 2.81 bits per heavy atom. The Morgan fingerprint density at radius 1 is 1.15 bits per heavy atom. The molecule has 5 atom stereocenters. The molecule has 2 aromatic rings. The molecule has 2 aromatic carbocycles. The Bertz CT molecular complexity index is 877. The zero-order chi connectivity index (χ0) is 17.8. The van der Waals surface area contributed by atoms with Crippen LogP contribution >= 0.6 is 0 Å². The van der Waals surface area contributed by atoms with Crippen LogP contribution in [0.5, 0.6) is 5.75 Å². The number of methoxy groups -OCH3 is 1. The summed E-state index contributed by atoms with van der Waals surface area (Å²) in [7, 11) is 1.70. The number of benzene rings is 2. The van der Waals surface area contributed by atoms with Crippen molar-refractivity contribution in [3.63, 3.8) is 0 Å². The van der Waals surface area contributed by atoms with E-state index in [2.05, 4.69) is 23.5 Å². The number of carboxylic acids is 1. The van der Waals surface area contributed by atoms with Gasteiger partial charge in [-0.25, -0.2) is 4.79 Å². The number of ether oxygens (including phenoxy) is 1. The second-order valence-corrected chi connectivity index (χ2v) is 7.94. The Kier molecular flexibility index (Phi) is 3.49. The third-order valence-corrected chi connectivity index (χ3v) is 6.79. The highest BCUT2D eigenvalue weighted by Gasteiger charge is 2.53. The highest BCUT2D eigenvalue weighted by atomic mass is 16.5. The van der Waals surface area contributed by atoms with Gasteiger partial charge in [0.2, 0.25) is 0 Å². The van der Waals surface area contributed by atoms with Crippen molar-refractivity contribution in [3.05, 3.63) is 59.2 Å². The molecular formula is C22H23NO3. The van der Waals surface area contributed by atoms with Crippen molar-refractivity contribution >= 4 is 11.7 Å². The predicted octanol–water partition coefficient (Wildman–Crippen LogP) is 4.69. The summed E-state index contributed by atoms with van der Waals surface area (Å²) < 4.78 is 5.44. The molecule has 2 aliphatic carbocycles. The molecule has 0 radical (unpaired) electrons. The molecule has 0 saturated heterocycles. The lowest BCUT2D eigenvalue weighted by molar-refractivity contribution is 0.0696. The van der Waals surface area contributed by atoms with Gasteiger partial charge in [-0.05, 0) is 84.4 Å². The van der Waals surface area contributed by atoms with E-state index in [0.717, 1.165) is 17.4 Å². The first-order chi connectivity index (χ1) is 12.7. The zero-order valence-corrected chi connectivity index (χ0v) is 14.8. The molecule has 4 nitrogen and oxygen atoms in total. The Labute approximate surface area is 153 Å². The second kappa shape index (κ2) is 5.76. The minimum Gasteiger partial charge on any atom is -0.497 e. The average Bonchev–Trinajstić information content (AvgIpc) is 3.29. The Morgan fingerprint density at radius 2 is 2.00 bits per heavy atom. The monoisotopic (exact) mass is 349 g/mol. The van der Waals surface area contributed by atoms with Crippen molar-refractivity contribution in [2.24, 2.45) is 17.8 Å². The quantitative estimate of drug-likeness (QED) is 0.844. The molecule has 0 unspecified atom stereocenters. The molecule has 0 amide bonds. The summed E-state index contributed by atoms with van der Waals surface area (Å²) in [5.74, 6) is 2.43. The first-order valence-electron chi connectivity index (χ1n) is 9.43. The van der Waals surface area contributed by atoms with Gasteiger partial charge in [-0.2, -0.15) is 0 Å². The van der Waals surface area contributed by atoms with Gasteiger partial charge in [-0.1, -0.05) is 12.1 Å². The standard InChI is InChI=1S/C22H23NO3/c1-26-16-4-2-3-14(10-16)21-20-13-6-5-12(9-13)19(20)17-11-15(22(24)25)7-8-18(17)23-21/h2-4,7-8,10-13,19-21,23H,5-6,9H2,1H3,(H,24,25)/t12-,13+,19+,20+,21+/m0/s1. The van der Waals surface area contributed by atoms with Gasteiger partial charge >= 0.3 is 5.97 Å². The minimum atomic E-state index is -0.845. The van der Waals surface area contributed by atoms with Gasteiger partial charge in [-0.15, -0.1) is 0 Å². The molecule has 0 spiro atoms. The topological polar surface area (TPSA) is 58.6 Å². The number of fused-ring (bicyclic) bond motifs is 7. The molecule has 2 bridgehead atoms. The van der Waals surface area contributed by atoms with Crippen LogP contribution in [0.1, 0.15) is 52.7 Å². The smallest absolute Gasteiger partial charge is 0.335 e. The van der Waals surface area contributed by atoms with E-state index in [9.17, 15) is 9.90 Å². The first kappa shape index (κ1) is 15.7. The van der Waals surface area contributed by atoms with Gasteiger partial charge in [0.1, 0.15) is 5.75 Å². The lowest BCUT2D eigenvalue weighted by atomic mass is 9.68. The summed E-state index contributed by atoms with van der Waals surface area (Å²) in [5.41, 5.74) is 3.96. The van der Waals surface area contributed by atoms with Gasteiger partial charge in [-0.3, -0.25) is 0 Å². The summed E-state index contributed by atoms with van der Waals surface area (Å²) in [6.45, 7) is 0. The van der Waals surface area contributed by atoms with Crippen LogP contribution in [0.25, 0.3) is 0 Å². The number of anilines is 1. The van der Waals surface area contributed by atoms with E-state index in [-0.39, 0.29) is 6.04 Å². The molecule has 2 fully saturated rings. The summed E-state index contributed by atoms with van der Waals surface area (Å²) in [6, 6.07) is 14.2. The number of rotatable bonds is 3. The molecule has 134 valence electrons. The van der Waals surface area contributed by atoms with E-state index in [0.29, 0.717) is 23.3 Å². The van der Waals surface area contributed by atoms with Gasteiger partial charge in [0.25, 0.3) is 0 Å². The van der Waals surface area contributed by atoms with E-state index in [4.69, 9.17) is 4.74 Å². The average molecular weight is 349 g/mol. The fraction of sp³-hybridized carbons (Fsp3) is 0.409. The van der Waals surface area contributed by atoms with Crippen molar-refractivity contribution in [1.82, 2.24) is 0 Å². The second-order valence-electron chi connectivity index (χ2n) is 7.94. The van der Waals surface area contributed by atoms with Gasteiger partial charge < -0.3 is 15.2 Å². The molecule has 1 heterocycles. The molecular weight excluding hydrogens is 326 g/mol. The Balaban J connectivity index is 1.62. The summed E-state index contributed by atoms with van der Waals surface area (Å²) in [6.07, 6.45) is 3.84. The van der Waals surface area contributed by atoms with Crippen molar-refractivity contribution in [3.8, 4) is 5.75 Å². The van der Waals surface area contributed by atoms with Crippen LogP contribution in [0.15, 0.2) is 42.5 Å². The first-order valence-corrected chi connectivity index (χ1v) is 9.43. The normalized spacial score (nSPS) is 31.0. The minimum absolute atomic E-state index is 0.258. The number of carboxylic acid groups (broad SMARTS) is 1. The van der Waals surface area contributed by atoms with Crippen LogP contribution < -0.4 is 10.1 Å². The molecule has 26 heavy (non-hydrogen) atoms. The molecule has 2 saturated carbocycles. The fourth-order valence-electron chi connectivity index (χ4n) is 5.78. The summed E-state index contributed by atoms with van der Waals surface area (Å²) in [5, 5.41) is 13.2. The molecule has 3 aliphatic rings.